The molecule has 1 aromatic carbocycles. The minimum absolute atomic E-state index is 0.0303. The molecule has 0 amide bonds. The van der Waals surface area contributed by atoms with Gasteiger partial charge in [-0.05, 0) is 24.1 Å². The van der Waals surface area contributed by atoms with Gasteiger partial charge in [-0.15, -0.1) is 0 Å². The number of sulfonamides is 1. The van der Waals surface area contributed by atoms with Crippen LogP contribution in [0.1, 0.15) is 18.9 Å². The molecule has 3 N–H and O–H groups in total. The third-order valence-electron chi connectivity index (χ3n) is 2.99. The molecule has 1 rings (SSSR count). The summed E-state index contributed by atoms with van der Waals surface area (Å²) in [7, 11) is -0.538. The minimum Gasteiger partial charge on any atom is -0.493 e. The van der Waals surface area contributed by atoms with Crippen LogP contribution in [0, 0.1) is 0 Å². The number of thiocarbonyl (C=S) groups is 1. The molecule has 0 heterocycles. The lowest BCUT2D eigenvalue weighted by atomic mass is 10.2. The monoisotopic (exact) mass is 332 g/mol. The quantitative estimate of drug-likeness (QED) is 0.695. The molecule has 0 aliphatic heterocycles. The van der Waals surface area contributed by atoms with Gasteiger partial charge in [0, 0.05) is 6.54 Å². The standard InChI is InChI=1S/C13H20N2O4S2/c1-4-12(13(14)20)21(16,17)15-8-9-5-6-10(18-2)11(7-9)19-3/h5-7,12,15H,4,8H2,1-3H3,(H2,14,20). The topological polar surface area (TPSA) is 90.7 Å². The molecule has 6 nitrogen and oxygen atoms in total. The Morgan fingerprint density at radius 1 is 1.33 bits per heavy atom. The lowest BCUT2D eigenvalue weighted by Gasteiger charge is -2.16. The predicted molar refractivity (Wildman–Crippen MR) is 86.2 cm³/mol. The first kappa shape index (κ1) is 17.7. The van der Waals surface area contributed by atoms with Crippen LogP contribution in [0.25, 0.3) is 0 Å². The van der Waals surface area contributed by atoms with E-state index in [2.05, 4.69) is 4.72 Å². The molecule has 0 spiro atoms. The largest absolute Gasteiger partial charge is 0.493 e. The maximum absolute atomic E-state index is 12.1. The first-order valence-electron chi connectivity index (χ1n) is 6.34. The van der Waals surface area contributed by atoms with Crippen LogP contribution in [-0.4, -0.2) is 32.9 Å². The third-order valence-corrected chi connectivity index (χ3v) is 5.30. The number of methoxy groups -OCH3 is 2. The highest BCUT2D eigenvalue weighted by Crippen LogP contribution is 2.27. The number of benzene rings is 1. The molecule has 0 radical (unpaired) electrons. The Morgan fingerprint density at radius 3 is 2.43 bits per heavy atom. The van der Waals surface area contributed by atoms with E-state index in [0.717, 1.165) is 5.56 Å². The molecule has 0 aromatic heterocycles. The summed E-state index contributed by atoms with van der Waals surface area (Å²) in [5, 5.41) is -0.868. The highest BCUT2D eigenvalue weighted by Gasteiger charge is 2.25. The van der Waals surface area contributed by atoms with Gasteiger partial charge in [0.05, 0.1) is 19.2 Å². The Balaban J connectivity index is 2.86. The zero-order chi connectivity index (χ0) is 16.0. The number of nitrogens with one attached hydrogen (secondary N) is 1. The van der Waals surface area contributed by atoms with Gasteiger partial charge in [0.25, 0.3) is 0 Å². The Labute approximate surface area is 130 Å². The lowest BCUT2D eigenvalue weighted by Crippen LogP contribution is -2.41. The van der Waals surface area contributed by atoms with Gasteiger partial charge in [0.2, 0.25) is 10.0 Å². The Kier molecular flexibility index (Phi) is 6.38. The Bertz CT molecular complexity index is 602. The van der Waals surface area contributed by atoms with Crippen molar-refractivity contribution in [1.82, 2.24) is 4.72 Å². The average molecular weight is 332 g/mol. The predicted octanol–water partition coefficient (Wildman–Crippen LogP) is 1.19. The normalized spacial score (nSPS) is 12.7. The zero-order valence-corrected chi connectivity index (χ0v) is 13.9. The maximum atomic E-state index is 12.1. The fourth-order valence-electron chi connectivity index (χ4n) is 1.85. The number of hydrogen-bond acceptors (Lipinski definition) is 5. The molecule has 0 saturated heterocycles. The highest BCUT2D eigenvalue weighted by atomic mass is 32.2. The molecule has 0 saturated carbocycles. The van der Waals surface area contributed by atoms with E-state index in [9.17, 15) is 8.42 Å². The van der Waals surface area contributed by atoms with E-state index in [4.69, 9.17) is 27.4 Å². The van der Waals surface area contributed by atoms with E-state index in [1.165, 1.54) is 14.2 Å². The number of nitrogens with two attached hydrogens (primary N) is 1. The van der Waals surface area contributed by atoms with Crippen molar-refractivity contribution < 1.29 is 17.9 Å². The first-order chi connectivity index (χ1) is 9.85. The van der Waals surface area contributed by atoms with E-state index < -0.39 is 15.3 Å². The van der Waals surface area contributed by atoms with Gasteiger partial charge in [-0.25, -0.2) is 13.1 Å². The highest BCUT2D eigenvalue weighted by molar-refractivity contribution is 7.93. The van der Waals surface area contributed by atoms with Gasteiger partial charge < -0.3 is 15.2 Å². The van der Waals surface area contributed by atoms with E-state index in [1.807, 2.05) is 0 Å². The summed E-state index contributed by atoms with van der Waals surface area (Å²) in [5.41, 5.74) is 6.21. The smallest absolute Gasteiger partial charge is 0.221 e. The summed E-state index contributed by atoms with van der Waals surface area (Å²) in [6.45, 7) is 1.85. The molecular weight excluding hydrogens is 312 g/mol. The van der Waals surface area contributed by atoms with E-state index in [1.54, 1.807) is 25.1 Å². The van der Waals surface area contributed by atoms with Crippen LogP contribution in [0.4, 0.5) is 0 Å². The van der Waals surface area contributed by atoms with Crippen molar-refractivity contribution in [2.45, 2.75) is 25.1 Å². The summed E-state index contributed by atoms with van der Waals surface area (Å²) in [6.07, 6.45) is 0.330. The van der Waals surface area contributed by atoms with Gasteiger partial charge >= 0.3 is 0 Å². The van der Waals surface area contributed by atoms with Crippen molar-refractivity contribution in [2.75, 3.05) is 14.2 Å². The second kappa shape index (κ2) is 7.58. The van der Waals surface area contributed by atoms with Crippen LogP contribution in [0.5, 0.6) is 11.5 Å². The molecule has 1 atom stereocenters. The van der Waals surface area contributed by atoms with Gasteiger partial charge in [-0.1, -0.05) is 25.2 Å². The van der Waals surface area contributed by atoms with Crippen molar-refractivity contribution in [1.29, 1.82) is 0 Å². The summed E-state index contributed by atoms with van der Waals surface area (Å²) in [4.78, 5) is -0.0303. The van der Waals surface area contributed by atoms with Crippen LogP contribution < -0.4 is 19.9 Å². The van der Waals surface area contributed by atoms with Crippen LogP contribution >= 0.6 is 12.2 Å². The fraction of sp³-hybridized carbons (Fsp3) is 0.462. The number of hydrogen-bond donors (Lipinski definition) is 2. The van der Waals surface area contributed by atoms with Crippen molar-refractivity contribution in [3.8, 4) is 11.5 Å². The molecule has 21 heavy (non-hydrogen) atoms. The average Bonchev–Trinajstić information content (AvgIpc) is 2.44. The second-order valence-corrected chi connectivity index (χ2v) is 6.77. The molecule has 0 aliphatic rings. The van der Waals surface area contributed by atoms with Gasteiger partial charge in [-0.3, -0.25) is 0 Å². The summed E-state index contributed by atoms with van der Waals surface area (Å²) >= 11 is 4.79. The number of rotatable bonds is 8. The van der Waals surface area contributed by atoms with E-state index >= 15 is 0 Å². The van der Waals surface area contributed by atoms with Crippen molar-refractivity contribution in [3.63, 3.8) is 0 Å². The Hall–Kier alpha value is -1.38. The number of ether oxygens (including phenoxy) is 2. The molecule has 0 bridgehead atoms. The zero-order valence-electron chi connectivity index (χ0n) is 12.3. The van der Waals surface area contributed by atoms with Crippen LogP contribution in [0.3, 0.4) is 0 Å². The molecule has 118 valence electrons. The van der Waals surface area contributed by atoms with Gasteiger partial charge in [0.15, 0.2) is 11.5 Å². The Morgan fingerprint density at radius 2 is 1.95 bits per heavy atom. The molecule has 0 fully saturated rings. The van der Waals surface area contributed by atoms with Crippen LogP contribution in [0.15, 0.2) is 18.2 Å². The van der Waals surface area contributed by atoms with Crippen molar-refractivity contribution >= 4 is 27.2 Å². The van der Waals surface area contributed by atoms with Crippen molar-refractivity contribution in [3.05, 3.63) is 23.8 Å². The lowest BCUT2D eigenvalue weighted by molar-refractivity contribution is 0.354. The van der Waals surface area contributed by atoms with Crippen LogP contribution in [0.2, 0.25) is 0 Å². The molecule has 8 heteroatoms. The van der Waals surface area contributed by atoms with E-state index in [0.29, 0.717) is 17.9 Å². The van der Waals surface area contributed by atoms with Gasteiger partial charge in [0.1, 0.15) is 5.25 Å². The second-order valence-electron chi connectivity index (χ2n) is 4.35. The molecular formula is C13H20N2O4S2. The van der Waals surface area contributed by atoms with Crippen LogP contribution in [-0.2, 0) is 16.6 Å². The molecule has 1 unspecified atom stereocenters. The van der Waals surface area contributed by atoms with E-state index in [-0.39, 0.29) is 11.5 Å². The SMILES string of the molecule is CCC(C(N)=S)S(=O)(=O)NCc1ccc(OC)c(OC)c1. The first-order valence-corrected chi connectivity index (χ1v) is 8.29. The third kappa shape index (κ3) is 4.55. The minimum atomic E-state index is -3.59. The summed E-state index contributed by atoms with van der Waals surface area (Å²) < 4.78 is 37.0. The summed E-state index contributed by atoms with van der Waals surface area (Å²) in [6, 6.07) is 5.18. The molecule has 1 aromatic rings. The summed E-state index contributed by atoms with van der Waals surface area (Å²) in [5.74, 6) is 1.12. The fourth-order valence-corrected chi connectivity index (χ4v) is 3.71. The van der Waals surface area contributed by atoms with Crippen molar-refractivity contribution in [2.24, 2.45) is 5.73 Å². The maximum Gasteiger partial charge on any atom is 0.221 e. The van der Waals surface area contributed by atoms with Gasteiger partial charge in [-0.2, -0.15) is 0 Å². The molecule has 0 aliphatic carbocycles.